The molecule has 0 aliphatic carbocycles. The molecule has 0 aromatic rings. The first-order valence-electron chi connectivity index (χ1n) is 7.90. The summed E-state index contributed by atoms with van der Waals surface area (Å²) in [4.78, 5) is 23.4. The molecule has 0 aromatic carbocycles. The number of hydrogen-bond acceptors (Lipinski definition) is 4. The first-order valence-corrected chi connectivity index (χ1v) is 8.37. The normalized spacial score (nSPS) is 34.1. The minimum Gasteiger partial charge on any atom is -0.372 e. The SMILES string of the molecule is CC1=CC(C(C)CC2CC(C)C(COP)O2)CC(=O)NC1=O. The van der Waals surface area contributed by atoms with E-state index in [1.807, 2.05) is 6.08 Å². The predicted molar refractivity (Wildman–Crippen MR) is 86.9 cm³/mol. The van der Waals surface area contributed by atoms with E-state index in [0.717, 1.165) is 12.8 Å². The van der Waals surface area contributed by atoms with Crippen molar-refractivity contribution in [2.45, 2.75) is 52.2 Å². The molecule has 2 amide bonds. The van der Waals surface area contributed by atoms with Crippen LogP contribution in [0.25, 0.3) is 0 Å². The van der Waals surface area contributed by atoms with Gasteiger partial charge in [0.2, 0.25) is 5.91 Å². The van der Waals surface area contributed by atoms with Crippen LogP contribution in [-0.2, 0) is 18.8 Å². The zero-order valence-electron chi connectivity index (χ0n) is 13.5. The number of rotatable bonds is 5. The zero-order chi connectivity index (χ0) is 16.3. The van der Waals surface area contributed by atoms with Crippen molar-refractivity contribution in [1.29, 1.82) is 0 Å². The van der Waals surface area contributed by atoms with E-state index in [1.165, 1.54) is 0 Å². The molecular weight excluding hydrogens is 301 g/mol. The van der Waals surface area contributed by atoms with Crippen LogP contribution < -0.4 is 5.32 Å². The molecule has 22 heavy (non-hydrogen) atoms. The van der Waals surface area contributed by atoms with Crippen LogP contribution in [0.3, 0.4) is 0 Å². The lowest BCUT2D eigenvalue weighted by molar-refractivity contribution is -0.128. The third-order valence-electron chi connectivity index (χ3n) is 4.76. The Kier molecular flexibility index (Phi) is 6.13. The topological polar surface area (TPSA) is 64.6 Å². The van der Waals surface area contributed by atoms with Gasteiger partial charge < -0.3 is 9.26 Å². The molecule has 1 N–H and O–H groups in total. The van der Waals surface area contributed by atoms with Crippen LogP contribution in [0.15, 0.2) is 11.6 Å². The second-order valence-corrected chi connectivity index (χ2v) is 6.98. The Labute approximate surface area is 134 Å². The van der Waals surface area contributed by atoms with Gasteiger partial charge in [0.05, 0.1) is 18.8 Å². The van der Waals surface area contributed by atoms with Gasteiger partial charge >= 0.3 is 0 Å². The third kappa shape index (κ3) is 4.37. The molecule has 0 aromatic heterocycles. The summed E-state index contributed by atoms with van der Waals surface area (Å²) in [5, 5.41) is 2.40. The third-order valence-corrected chi connectivity index (χ3v) is 4.95. The van der Waals surface area contributed by atoms with Gasteiger partial charge in [-0.05, 0) is 37.5 Å². The lowest BCUT2D eigenvalue weighted by atomic mass is 9.84. The summed E-state index contributed by atoms with van der Waals surface area (Å²) in [6.07, 6.45) is 4.56. The first kappa shape index (κ1) is 17.6. The number of nitrogens with one attached hydrogen (secondary N) is 1. The molecule has 0 saturated carbocycles. The molecule has 0 radical (unpaired) electrons. The van der Waals surface area contributed by atoms with E-state index in [4.69, 9.17) is 9.26 Å². The lowest BCUT2D eigenvalue weighted by Crippen LogP contribution is -2.30. The predicted octanol–water partition coefficient (Wildman–Crippen LogP) is 2.22. The fourth-order valence-electron chi connectivity index (χ4n) is 3.35. The van der Waals surface area contributed by atoms with Crippen LogP contribution in [0.5, 0.6) is 0 Å². The largest absolute Gasteiger partial charge is 0.372 e. The Bertz CT molecular complexity index is 465. The number of carbonyl (C=O) groups excluding carboxylic acids is 2. The highest BCUT2D eigenvalue weighted by Crippen LogP contribution is 2.33. The molecule has 1 fully saturated rings. The van der Waals surface area contributed by atoms with Crippen molar-refractivity contribution < 1.29 is 18.8 Å². The summed E-state index contributed by atoms with van der Waals surface area (Å²) in [7, 11) is 2.27. The van der Waals surface area contributed by atoms with Crippen LogP contribution in [0.2, 0.25) is 0 Å². The Morgan fingerprint density at radius 3 is 2.91 bits per heavy atom. The smallest absolute Gasteiger partial charge is 0.253 e. The van der Waals surface area contributed by atoms with Gasteiger partial charge in [-0.3, -0.25) is 14.9 Å². The molecular formula is C16H26NO4P. The van der Waals surface area contributed by atoms with Crippen molar-refractivity contribution in [3.63, 3.8) is 0 Å². The van der Waals surface area contributed by atoms with Gasteiger partial charge in [-0.1, -0.05) is 19.9 Å². The van der Waals surface area contributed by atoms with Gasteiger partial charge in [-0.25, -0.2) is 0 Å². The fraction of sp³-hybridized carbons (Fsp3) is 0.750. The van der Waals surface area contributed by atoms with Gasteiger partial charge in [-0.15, -0.1) is 0 Å². The number of amides is 2. The van der Waals surface area contributed by atoms with Gasteiger partial charge in [-0.2, -0.15) is 0 Å². The van der Waals surface area contributed by atoms with E-state index in [1.54, 1.807) is 6.92 Å². The van der Waals surface area contributed by atoms with E-state index < -0.39 is 0 Å². The maximum absolute atomic E-state index is 11.8. The van der Waals surface area contributed by atoms with Crippen molar-refractivity contribution in [2.75, 3.05) is 6.61 Å². The second kappa shape index (κ2) is 7.67. The van der Waals surface area contributed by atoms with Crippen molar-refractivity contribution >= 4 is 21.3 Å². The molecule has 1 saturated heterocycles. The van der Waals surface area contributed by atoms with Crippen LogP contribution in [-0.4, -0.2) is 30.6 Å². The molecule has 0 bridgehead atoms. The van der Waals surface area contributed by atoms with Crippen LogP contribution in [0.1, 0.15) is 40.0 Å². The molecule has 2 aliphatic heterocycles. The minimum atomic E-state index is -0.275. The average Bonchev–Trinajstić information content (AvgIpc) is 2.71. The van der Waals surface area contributed by atoms with Crippen molar-refractivity contribution in [2.24, 2.45) is 17.8 Å². The number of imide groups is 1. The lowest BCUT2D eigenvalue weighted by Gasteiger charge is -2.23. The minimum absolute atomic E-state index is 0.0855. The monoisotopic (exact) mass is 327 g/mol. The molecule has 124 valence electrons. The molecule has 6 unspecified atom stereocenters. The standard InChI is InChI=1S/C16H26NO4P/c1-9(5-13-6-10(2)14(21-13)8-20-22)12-4-11(3)16(19)17-15(18)7-12/h4,9-10,12-14H,5-8,22H2,1-3H3,(H,17,18,19). The first-order chi connectivity index (χ1) is 10.4. The number of carbonyl (C=O) groups is 2. The van der Waals surface area contributed by atoms with Crippen molar-refractivity contribution in [3.05, 3.63) is 11.6 Å². The Morgan fingerprint density at radius 1 is 1.50 bits per heavy atom. The van der Waals surface area contributed by atoms with Crippen molar-refractivity contribution in [3.8, 4) is 0 Å². The summed E-state index contributed by atoms with van der Waals surface area (Å²) in [6, 6.07) is 0. The number of hydrogen-bond donors (Lipinski definition) is 1. The van der Waals surface area contributed by atoms with Crippen LogP contribution in [0, 0.1) is 17.8 Å². The molecule has 0 spiro atoms. The van der Waals surface area contributed by atoms with Gasteiger partial charge in [0.25, 0.3) is 5.91 Å². The van der Waals surface area contributed by atoms with Gasteiger partial charge in [0, 0.05) is 21.5 Å². The Morgan fingerprint density at radius 2 is 2.23 bits per heavy atom. The number of allylic oxidation sites excluding steroid dienone is 1. The zero-order valence-corrected chi connectivity index (χ0v) is 14.7. The van der Waals surface area contributed by atoms with Gasteiger partial charge in [0.1, 0.15) is 0 Å². The summed E-state index contributed by atoms with van der Waals surface area (Å²) in [5.74, 6) is 0.393. The van der Waals surface area contributed by atoms with E-state index >= 15 is 0 Å². The fourth-order valence-corrected chi connectivity index (χ4v) is 3.54. The number of ether oxygens (including phenoxy) is 1. The quantitative estimate of drug-likeness (QED) is 0.621. The maximum Gasteiger partial charge on any atom is 0.253 e. The summed E-state index contributed by atoms with van der Waals surface area (Å²) >= 11 is 0. The van der Waals surface area contributed by atoms with E-state index in [2.05, 4.69) is 28.6 Å². The summed E-state index contributed by atoms with van der Waals surface area (Å²) in [5.41, 5.74) is 0.623. The molecule has 5 nitrogen and oxygen atoms in total. The Hall–Kier alpha value is -0.770. The van der Waals surface area contributed by atoms with E-state index in [0.29, 0.717) is 30.4 Å². The molecule has 6 heteroatoms. The molecule has 2 heterocycles. The highest BCUT2D eigenvalue weighted by molar-refractivity contribution is 7.09. The Balaban J connectivity index is 1.95. The average molecular weight is 327 g/mol. The molecule has 6 atom stereocenters. The van der Waals surface area contributed by atoms with Crippen LogP contribution in [0.4, 0.5) is 0 Å². The van der Waals surface area contributed by atoms with Crippen molar-refractivity contribution in [1.82, 2.24) is 5.32 Å². The van der Waals surface area contributed by atoms with Gasteiger partial charge in [0.15, 0.2) is 0 Å². The molecule has 2 aliphatic rings. The molecule has 2 rings (SSSR count). The summed E-state index contributed by atoms with van der Waals surface area (Å²) in [6.45, 7) is 6.66. The van der Waals surface area contributed by atoms with Crippen LogP contribution >= 0.6 is 9.47 Å². The highest BCUT2D eigenvalue weighted by Gasteiger charge is 2.34. The maximum atomic E-state index is 11.8. The highest BCUT2D eigenvalue weighted by atomic mass is 31.0. The summed E-state index contributed by atoms with van der Waals surface area (Å²) < 4.78 is 11.2. The second-order valence-electron chi connectivity index (χ2n) is 6.65. The van der Waals surface area contributed by atoms with E-state index in [9.17, 15) is 9.59 Å². The van der Waals surface area contributed by atoms with E-state index in [-0.39, 0.29) is 29.9 Å².